The maximum Gasteiger partial charge on any atom is 0.165 e. The highest BCUT2D eigenvalue weighted by Crippen LogP contribution is 2.21. The van der Waals surface area contributed by atoms with Crippen molar-refractivity contribution in [2.24, 2.45) is 0 Å². The summed E-state index contributed by atoms with van der Waals surface area (Å²) in [4.78, 5) is 0. The molecule has 0 heterocycles. The van der Waals surface area contributed by atoms with Gasteiger partial charge in [-0.25, -0.2) is 4.39 Å². The number of hydrogen-bond donors (Lipinski definition) is 1. The van der Waals surface area contributed by atoms with Gasteiger partial charge in [-0.2, -0.15) is 0 Å². The molecular formula is C16H24FNO3. The molecule has 0 amide bonds. The largest absolute Gasteiger partial charge is 0.488 e. The lowest BCUT2D eigenvalue weighted by atomic mass is 10.2. The van der Waals surface area contributed by atoms with Gasteiger partial charge in [-0.05, 0) is 37.0 Å². The minimum Gasteiger partial charge on any atom is -0.488 e. The number of methoxy groups -OCH3 is 1. The van der Waals surface area contributed by atoms with E-state index in [9.17, 15) is 4.39 Å². The number of rotatable bonds is 11. The van der Waals surface area contributed by atoms with Crippen LogP contribution in [-0.2, 0) is 16.0 Å². The molecule has 0 aromatic heterocycles. The average Bonchev–Trinajstić information content (AvgIpc) is 3.30. The molecular weight excluding hydrogens is 273 g/mol. The summed E-state index contributed by atoms with van der Waals surface area (Å²) in [6.45, 7) is 2.83. The lowest BCUT2D eigenvalue weighted by Crippen LogP contribution is -2.15. The van der Waals surface area contributed by atoms with Crippen molar-refractivity contribution in [2.45, 2.75) is 31.8 Å². The smallest absolute Gasteiger partial charge is 0.165 e. The van der Waals surface area contributed by atoms with Gasteiger partial charge in [0, 0.05) is 32.9 Å². The van der Waals surface area contributed by atoms with E-state index in [1.54, 1.807) is 13.2 Å². The van der Waals surface area contributed by atoms with Crippen molar-refractivity contribution >= 4 is 0 Å². The fourth-order valence-electron chi connectivity index (χ4n) is 1.94. The molecule has 1 aromatic carbocycles. The second kappa shape index (κ2) is 8.97. The summed E-state index contributed by atoms with van der Waals surface area (Å²) in [7, 11) is 1.66. The molecule has 1 aliphatic rings. The van der Waals surface area contributed by atoms with Gasteiger partial charge in [-0.3, -0.25) is 0 Å². The lowest BCUT2D eigenvalue weighted by Gasteiger charge is -2.09. The highest BCUT2D eigenvalue weighted by molar-refractivity contribution is 5.29. The van der Waals surface area contributed by atoms with Gasteiger partial charge in [-0.1, -0.05) is 6.07 Å². The Morgan fingerprint density at radius 3 is 2.76 bits per heavy atom. The Kier molecular flexibility index (Phi) is 6.92. The second-order valence-electron chi connectivity index (χ2n) is 5.23. The molecule has 4 nitrogen and oxygen atoms in total. The Bertz CT molecular complexity index is 424. The standard InChI is InChI=1S/C16H24FNO3/c1-19-7-2-8-20-9-10-21-16-6-3-13(11-15(16)17)12-18-14-4-5-14/h3,6,11,14,18H,2,4-5,7-10,12H2,1H3. The first-order chi connectivity index (χ1) is 10.3. The normalized spacial score (nSPS) is 14.4. The lowest BCUT2D eigenvalue weighted by molar-refractivity contribution is 0.0797. The zero-order chi connectivity index (χ0) is 14.9. The van der Waals surface area contributed by atoms with Crippen molar-refractivity contribution in [2.75, 3.05) is 33.5 Å². The van der Waals surface area contributed by atoms with E-state index in [0.29, 0.717) is 39.0 Å². The molecule has 2 rings (SSSR count). The zero-order valence-electron chi connectivity index (χ0n) is 12.6. The molecule has 5 heteroatoms. The Hall–Kier alpha value is -1.17. The summed E-state index contributed by atoms with van der Waals surface area (Å²) in [6.07, 6.45) is 3.32. The number of nitrogens with one attached hydrogen (secondary N) is 1. The van der Waals surface area contributed by atoms with Gasteiger partial charge < -0.3 is 19.5 Å². The number of hydrogen-bond acceptors (Lipinski definition) is 4. The first-order valence-electron chi connectivity index (χ1n) is 7.51. The molecule has 0 bridgehead atoms. The topological polar surface area (TPSA) is 39.7 Å². The number of halogens is 1. The van der Waals surface area contributed by atoms with Crippen molar-refractivity contribution in [3.8, 4) is 5.75 Å². The van der Waals surface area contributed by atoms with E-state index < -0.39 is 0 Å². The van der Waals surface area contributed by atoms with E-state index >= 15 is 0 Å². The highest BCUT2D eigenvalue weighted by atomic mass is 19.1. The third kappa shape index (κ3) is 6.42. The molecule has 0 aliphatic heterocycles. The van der Waals surface area contributed by atoms with Crippen LogP contribution in [0, 0.1) is 5.82 Å². The van der Waals surface area contributed by atoms with E-state index in [0.717, 1.165) is 12.0 Å². The predicted molar refractivity (Wildman–Crippen MR) is 79.1 cm³/mol. The summed E-state index contributed by atoms with van der Waals surface area (Å²) in [5, 5.41) is 3.36. The van der Waals surface area contributed by atoms with Crippen molar-refractivity contribution in [1.29, 1.82) is 0 Å². The van der Waals surface area contributed by atoms with Gasteiger partial charge in [0.05, 0.1) is 6.61 Å². The van der Waals surface area contributed by atoms with Crippen molar-refractivity contribution in [1.82, 2.24) is 5.32 Å². The maximum absolute atomic E-state index is 13.9. The average molecular weight is 297 g/mol. The molecule has 1 fully saturated rings. The van der Waals surface area contributed by atoms with E-state index in [1.807, 2.05) is 6.07 Å². The number of ether oxygens (including phenoxy) is 3. The molecule has 0 radical (unpaired) electrons. The van der Waals surface area contributed by atoms with Gasteiger partial charge in [0.25, 0.3) is 0 Å². The summed E-state index contributed by atoms with van der Waals surface area (Å²) in [6, 6.07) is 5.74. The minimum atomic E-state index is -0.315. The molecule has 0 unspecified atom stereocenters. The third-order valence-corrected chi connectivity index (χ3v) is 3.29. The highest BCUT2D eigenvalue weighted by Gasteiger charge is 2.20. The van der Waals surface area contributed by atoms with Gasteiger partial charge >= 0.3 is 0 Å². The van der Waals surface area contributed by atoms with Crippen LogP contribution in [0.4, 0.5) is 4.39 Å². The van der Waals surface area contributed by atoms with Crippen LogP contribution in [0.15, 0.2) is 18.2 Å². The van der Waals surface area contributed by atoms with Gasteiger partial charge in [-0.15, -0.1) is 0 Å². The number of benzene rings is 1. The summed E-state index contributed by atoms with van der Waals surface area (Å²) in [5.74, 6) is -0.0323. The SMILES string of the molecule is COCCCOCCOc1ccc(CNC2CC2)cc1F. The summed E-state index contributed by atoms with van der Waals surface area (Å²) in [5.41, 5.74) is 0.947. The van der Waals surface area contributed by atoms with E-state index in [-0.39, 0.29) is 11.6 Å². The molecule has 0 atom stereocenters. The Balaban J connectivity index is 1.63. The molecule has 1 aliphatic carbocycles. The maximum atomic E-state index is 13.9. The molecule has 1 N–H and O–H groups in total. The minimum absolute atomic E-state index is 0.283. The van der Waals surface area contributed by atoms with Crippen molar-refractivity contribution in [3.63, 3.8) is 0 Å². The summed E-state index contributed by atoms with van der Waals surface area (Å²) >= 11 is 0. The Morgan fingerprint density at radius 2 is 2.05 bits per heavy atom. The van der Waals surface area contributed by atoms with Crippen LogP contribution in [0.1, 0.15) is 24.8 Å². The summed E-state index contributed by atoms with van der Waals surface area (Å²) < 4.78 is 29.5. The Morgan fingerprint density at radius 1 is 1.19 bits per heavy atom. The van der Waals surface area contributed by atoms with E-state index in [1.165, 1.54) is 18.9 Å². The van der Waals surface area contributed by atoms with E-state index in [2.05, 4.69) is 5.32 Å². The van der Waals surface area contributed by atoms with Crippen LogP contribution < -0.4 is 10.1 Å². The van der Waals surface area contributed by atoms with Gasteiger partial charge in [0.2, 0.25) is 0 Å². The van der Waals surface area contributed by atoms with Crippen LogP contribution in [0.25, 0.3) is 0 Å². The van der Waals surface area contributed by atoms with Crippen molar-refractivity contribution in [3.05, 3.63) is 29.6 Å². The molecule has 1 saturated carbocycles. The van der Waals surface area contributed by atoms with E-state index in [4.69, 9.17) is 14.2 Å². The van der Waals surface area contributed by atoms with Gasteiger partial charge in [0.15, 0.2) is 11.6 Å². The monoisotopic (exact) mass is 297 g/mol. The van der Waals surface area contributed by atoms with Crippen LogP contribution >= 0.6 is 0 Å². The van der Waals surface area contributed by atoms with Crippen LogP contribution in [0.2, 0.25) is 0 Å². The van der Waals surface area contributed by atoms with Crippen molar-refractivity contribution < 1.29 is 18.6 Å². The fourth-order valence-corrected chi connectivity index (χ4v) is 1.94. The predicted octanol–water partition coefficient (Wildman–Crippen LogP) is 2.51. The molecule has 21 heavy (non-hydrogen) atoms. The molecule has 118 valence electrons. The Labute approximate surface area is 125 Å². The molecule has 0 spiro atoms. The molecule has 1 aromatic rings. The molecule has 0 saturated heterocycles. The first kappa shape index (κ1) is 16.2. The third-order valence-electron chi connectivity index (χ3n) is 3.29. The quantitative estimate of drug-likeness (QED) is 0.637. The van der Waals surface area contributed by atoms with Gasteiger partial charge in [0.1, 0.15) is 6.61 Å². The zero-order valence-corrected chi connectivity index (χ0v) is 12.6. The van der Waals surface area contributed by atoms with Crippen LogP contribution in [0.3, 0.4) is 0 Å². The van der Waals surface area contributed by atoms with Crippen LogP contribution in [-0.4, -0.2) is 39.6 Å². The second-order valence-corrected chi connectivity index (χ2v) is 5.23. The fraction of sp³-hybridized carbons (Fsp3) is 0.625. The van der Waals surface area contributed by atoms with Crippen LogP contribution in [0.5, 0.6) is 5.75 Å². The first-order valence-corrected chi connectivity index (χ1v) is 7.51.